The molecule has 0 bridgehead atoms. The number of hydrogen-bond acceptors (Lipinski definition) is 5. The fraction of sp³-hybridized carbons (Fsp3) is 0.435. The molecule has 0 radical (unpaired) electrons. The molecule has 3 rings (SSSR count). The second kappa shape index (κ2) is 10.0. The van der Waals surface area contributed by atoms with Gasteiger partial charge in [0.25, 0.3) is 5.91 Å². The van der Waals surface area contributed by atoms with E-state index in [2.05, 4.69) is 5.32 Å². The van der Waals surface area contributed by atoms with Crippen molar-refractivity contribution in [1.82, 2.24) is 5.32 Å². The van der Waals surface area contributed by atoms with Gasteiger partial charge in [-0.3, -0.25) is 9.10 Å². The van der Waals surface area contributed by atoms with Crippen molar-refractivity contribution in [3.05, 3.63) is 54.1 Å². The summed E-state index contributed by atoms with van der Waals surface area (Å²) in [6, 6.07) is 14.8. The molecule has 0 spiro atoms. The van der Waals surface area contributed by atoms with Gasteiger partial charge in [0.1, 0.15) is 11.5 Å². The Labute approximate surface area is 184 Å². The van der Waals surface area contributed by atoms with Gasteiger partial charge in [0.2, 0.25) is 10.0 Å². The largest absolute Gasteiger partial charge is 0.491 e. The maximum atomic E-state index is 12.7. The third-order valence-corrected chi connectivity index (χ3v) is 6.69. The zero-order valence-electron chi connectivity index (χ0n) is 18.2. The van der Waals surface area contributed by atoms with Gasteiger partial charge in [0, 0.05) is 6.54 Å². The minimum Gasteiger partial charge on any atom is -0.491 e. The van der Waals surface area contributed by atoms with E-state index in [1.54, 1.807) is 31.2 Å². The van der Waals surface area contributed by atoms with E-state index in [1.807, 2.05) is 38.1 Å². The standard InChI is InChI=1S/C23H30N2O5S/c1-4-31(27,28)25-16-22(30-21-13-6-5-12-20(21)25)23(26)24-14-8-10-18-9-7-11-19(15-18)29-17(2)3/h5-7,9,11-13,15,17,22H,4,8,10,14,16H2,1-3H3,(H,24,26)/t22-/m1/s1. The summed E-state index contributed by atoms with van der Waals surface area (Å²) >= 11 is 0. The molecule has 0 fully saturated rings. The smallest absolute Gasteiger partial charge is 0.263 e. The van der Waals surface area contributed by atoms with Crippen LogP contribution in [0.15, 0.2) is 48.5 Å². The van der Waals surface area contributed by atoms with Gasteiger partial charge in [0.05, 0.1) is 24.1 Å². The summed E-state index contributed by atoms with van der Waals surface area (Å²) in [6.07, 6.45) is 0.766. The van der Waals surface area contributed by atoms with E-state index in [0.29, 0.717) is 18.0 Å². The number of rotatable bonds is 9. The number of nitrogens with zero attached hydrogens (tertiary/aromatic N) is 1. The van der Waals surface area contributed by atoms with Crippen molar-refractivity contribution < 1.29 is 22.7 Å². The molecule has 7 nitrogen and oxygen atoms in total. The van der Waals surface area contributed by atoms with Crippen molar-refractivity contribution in [3.8, 4) is 11.5 Å². The van der Waals surface area contributed by atoms with Crippen molar-refractivity contribution in [3.63, 3.8) is 0 Å². The van der Waals surface area contributed by atoms with Crippen molar-refractivity contribution in [2.24, 2.45) is 0 Å². The monoisotopic (exact) mass is 446 g/mol. The molecule has 0 saturated carbocycles. The number of carbonyl (C=O) groups excluding carboxylic acids is 1. The summed E-state index contributed by atoms with van der Waals surface area (Å²) in [7, 11) is -3.51. The van der Waals surface area contributed by atoms with Crippen molar-refractivity contribution in [1.29, 1.82) is 0 Å². The minimum atomic E-state index is -3.51. The first kappa shape index (κ1) is 22.9. The van der Waals surface area contributed by atoms with E-state index < -0.39 is 16.1 Å². The van der Waals surface area contributed by atoms with Crippen LogP contribution >= 0.6 is 0 Å². The molecule has 2 aromatic carbocycles. The predicted molar refractivity (Wildman–Crippen MR) is 121 cm³/mol. The molecular weight excluding hydrogens is 416 g/mol. The zero-order chi connectivity index (χ0) is 22.4. The highest BCUT2D eigenvalue weighted by atomic mass is 32.2. The Kier molecular flexibility index (Phi) is 7.43. The van der Waals surface area contributed by atoms with Crippen LogP contribution in [0.2, 0.25) is 0 Å². The van der Waals surface area contributed by atoms with Gasteiger partial charge in [-0.25, -0.2) is 8.42 Å². The second-order valence-corrected chi connectivity index (χ2v) is 9.90. The normalized spacial score (nSPS) is 15.9. The molecule has 168 valence electrons. The van der Waals surface area contributed by atoms with Crippen molar-refractivity contribution in [2.75, 3.05) is 23.1 Å². The summed E-state index contributed by atoms with van der Waals surface area (Å²) in [5.74, 6) is 0.869. The molecule has 1 atom stereocenters. The number of amides is 1. The highest BCUT2D eigenvalue weighted by Crippen LogP contribution is 2.35. The number of para-hydroxylation sites is 2. The summed E-state index contributed by atoms with van der Waals surface area (Å²) in [6.45, 7) is 6.00. The van der Waals surface area contributed by atoms with E-state index >= 15 is 0 Å². The Morgan fingerprint density at radius 2 is 2.00 bits per heavy atom. The average molecular weight is 447 g/mol. The molecule has 1 heterocycles. The van der Waals surface area contributed by atoms with Crippen LogP contribution in [0.5, 0.6) is 11.5 Å². The quantitative estimate of drug-likeness (QED) is 0.598. The Morgan fingerprint density at radius 1 is 1.23 bits per heavy atom. The van der Waals surface area contributed by atoms with Crippen molar-refractivity contribution >= 4 is 21.6 Å². The maximum Gasteiger partial charge on any atom is 0.263 e. The molecule has 1 amide bonds. The van der Waals surface area contributed by atoms with Gasteiger partial charge < -0.3 is 14.8 Å². The van der Waals surface area contributed by atoms with E-state index in [-0.39, 0.29) is 24.3 Å². The Bertz CT molecular complexity index is 1010. The lowest BCUT2D eigenvalue weighted by atomic mass is 10.1. The number of ether oxygens (including phenoxy) is 2. The van der Waals surface area contributed by atoms with Crippen molar-refractivity contribution in [2.45, 2.75) is 45.8 Å². The van der Waals surface area contributed by atoms with Gasteiger partial charge >= 0.3 is 0 Å². The van der Waals surface area contributed by atoms with Crippen LogP contribution in [-0.4, -0.2) is 45.4 Å². The van der Waals surface area contributed by atoms with Crippen LogP contribution in [0.4, 0.5) is 5.69 Å². The SMILES string of the molecule is CCS(=O)(=O)N1C[C@H](C(=O)NCCCc2cccc(OC(C)C)c2)Oc2ccccc21. The molecule has 0 aliphatic carbocycles. The molecule has 0 saturated heterocycles. The van der Waals surface area contributed by atoms with Crippen LogP contribution in [-0.2, 0) is 21.2 Å². The molecule has 0 aromatic heterocycles. The summed E-state index contributed by atoms with van der Waals surface area (Å²) in [5, 5.41) is 2.87. The zero-order valence-corrected chi connectivity index (χ0v) is 19.0. The van der Waals surface area contributed by atoms with Gasteiger partial charge in [-0.05, 0) is 63.4 Å². The van der Waals surface area contributed by atoms with Gasteiger partial charge in [-0.2, -0.15) is 0 Å². The maximum absolute atomic E-state index is 12.7. The number of aryl methyl sites for hydroxylation is 1. The van der Waals surface area contributed by atoms with E-state index in [4.69, 9.17) is 9.47 Å². The molecule has 1 N–H and O–H groups in total. The van der Waals surface area contributed by atoms with Crippen LogP contribution in [0.1, 0.15) is 32.8 Å². The first-order valence-electron chi connectivity index (χ1n) is 10.6. The molecular formula is C23H30N2O5S. The molecule has 31 heavy (non-hydrogen) atoms. The highest BCUT2D eigenvalue weighted by Gasteiger charge is 2.35. The number of fused-ring (bicyclic) bond motifs is 1. The topological polar surface area (TPSA) is 84.9 Å². The van der Waals surface area contributed by atoms with E-state index in [9.17, 15) is 13.2 Å². The number of carbonyl (C=O) groups is 1. The Hall–Kier alpha value is -2.74. The summed E-state index contributed by atoms with van der Waals surface area (Å²) in [4.78, 5) is 12.7. The third kappa shape index (κ3) is 5.91. The van der Waals surface area contributed by atoms with Gasteiger partial charge in [0.15, 0.2) is 6.10 Å². The fourth-order valence-corrected chi connectivity index (χ4v) is 4.55. The lowest BCUT2D eigenvalue weighted by molar-refractivity contribution is -0.127. The van der Waals surface area contributed by atoms with E-state index in [0.717, 1.165) is 24.2 Å². The first-order chi connectivity index (χ1) is 14.8. The average Bonchev–Trinajstić information content (AvgIpc) is 2.75. The number of sulfonamides is 1. The lowest BCUT2D eigenvalue weighted by Crippen LogP contribution is -2.51. The fourth-order valence-electron chi connectivity index (χ4n) is 3.42. The number of hydrogen-bond donors (Lipinski definition) is 1. The molecule has 1 aliphatic heterocycles. The first-order valence-corrected chi connectivity index (χ1v) is 12.2. The lowest BCUT2D eigenvalue weighted by Gasteiger charge is -2.34. The van der Waals surface area contributed by atoms with Crippen LogP contribution in [0, 0.1) is 0 Å². The second-order valence-electron chi connectivity index (χ2n) is 7.71. The highest BCUT2D eigenvalue weighted by molar-refractivity contribution is 7.92. The van der Waals surface area contributed by atoms with Gasteiger partial charge in [-0.1, -0.05) is 24.3 Å². The van der Waals surface area contributed by atoms with E-state index in [1.165, 1.54) is 4.31 Å². The molecule has 2 aromatic rings. The number of benzene rings is 2. The Balaban J connectivity index is 1.56. The predicted octanol–water partition coefficient (Wildman–Crippen LogP) is 3.14. The minimum absolute atomic E-state index is 0.0341. The molecule has 0 unspecified atom stereocenters. The summed E-state index contributed by atoms with van der Waals surface area (Å²) < 4.78 is 37.8. The number of nitrogens with one attached hydrogen (secondary N) is 1. The summed E-state index contributed by atoms with van der Waals surface area (Å²) in [5.41, 5.74) is 1.60. The van der Waals surface area contributed by atoms with Gasteiger partial charge in [-0.15, -0.1) is 0 Å². The van der Waals surface area contributed by atoms with Crippen LogP contribution < -0.4 is 19.1 Å². The number of anilines is 1. The third-order valence-electron chi connectivity index (χ3n) is 4.94. The Morgan fingerprint density at radius 3 is 2.74 bits per heavy atom. The van der Waals surface area contributed by atoms with Crippen LogP contribution in [0.25, 0.3) is 0 Å². The molecule has 1 aliphatic rings. The molecule has 8 heteroatoms. The van der Waals surface area contributed by atoms with Crippen LogP contribution in [0.3, 0.4) is 0 Å².